The SMILES string of the molecule is CNCc1cccc2c1ccn2CCCCC(C)(C)C#N. The van der Waals surface area contributed by atoms with Crippen molar-refractivity contribution in [1.82, 2.24) is 9.88 Å². The van der Waals surface area contributed by atoms with Gasteiger partial charge >= 0.3 is 0 Å². The average molecular weight is 283 g/mol. The Hall–Kier alpha value is -1.79. The second-order valence-corrected chi connectivity index (χ2v) is 6.34. The van der Waals surface area contributed by atoms with Crippen LogP contribution >= 0.6 is 0 Å². The molecular weight excluding hydrogens is 258 g/mol. The van der Waals surface area contributed by atoms with Gasteiger partial charge in [-0.2, -0.15) is 5.26 Å². The van der Waals surface area contributed by atoms with Gasteiger partial charge in [-0.25, -0.2) is 0 Å². The number of hydrogen-bond donors (Lipinski definition) is 1. The molecular formula is C18H25N3. The monoisotopic (exact) mass is 283 g/mol. The van der Waals surface area contributed by atoms with Crippen LogP contribution in [-0.4, -0.2) is 11.6 Å². The molecule has 0 atom stereocenters. The third kappa shape index (κ3) is 3.86. The third-order valence-electron chi connectivity index (χ3n) is 4.02. The highest BCUT2D eigenvalue weighted by atomic mass is 14.9. The molecule has 0 fully saturated rings. The fraction of sp³-hybridized carbons (Fsp3) is 0.500. The zero-order valence-electron chi connectivity index (χ0n) is 13.3. The smallest absolute Gasteiger partial charge is 0.0683 e. The van der Waals surface area contributed by atoms with E-state index in [1.54, 1.807) is 0 Å². The van der Waals surface area contributed by atoms with Crippen LogP contribution in [0.1, 0.15) is 38.7 Å². The minimum absolute atomic E-state index is 0.196. The average Bonchev–Trinajstić information content (AvgIpc) is 2.88. The number of aryl methyl sites for hydroxylation is 1. The van der Waals surface area contributed by atoms with Gasteiger partial charge in [-0.15, -0.1) is 0 Å². The van der Waals surface area contributed by atoms with Crippen LogP contribution in [0.15, 0.2) is 30.5 Å². The predicted octanol–water partition coefficient (Wildman–Crippen LogP) is 4.08. The molecule has 21 heavy (non-hydrogen) atoms. The van der Waals surface area contributed by atoms with Crippen molar-refractivity contribution in [3.05, 3.63) is 36.0 Å². The van der Waals surface area contributed by atoms with Crippen molar-refractivity contribution < 1.29 is 0 Å². The zero-order chi connectivity index (χ0) is 15.3. The van der Waals surface area contributed by atoms with Gasteiger partial charge in [0.15, 0.2) is 0 Å². The number of rotatable bonds is 7. The second-order valence-electron chi connectivity index (χ2n) is 6.34. The van der Waals surface area contributed by atoms with Gasteiger partial charge < -0.3 is 9.88 Å². The first-order chi connectivity index (χ1) is 10.1. The summed E-state index contributed by atoms with van der Waals surface area (Å²) < 4.78 is 2.33. The van der Waals surface area contributed by atoms with Crippen LogP contribution in [0.5, 0.6) is 0 Å². The third-order valence-corrected chi connectivity index (χ3v) is 4.02. The fourth-order valence-corrected chi connectivity index (χ4v) is 2.73. The lowest BCUT2D eigenvalue weighted by atomic mass is 9.89. The molecule has 0 bridgehead atoms. The molecule has 0 saturated heterocycles. The number of fused-ring (bicyclic) bond motifs is 1. The van der Waals surface area contributed by atoms with Gasteiger partial charge in [0.05, 0.1) is 11.5 Å². The Bertz CT molecular complexity index is 631. The Morgan fingerprint density at radius 2 is 2.05 bits per heavy atom. The van der Waals surface area contributed by atoms with Crippen LogP contribution in [0.3, 0.4) is 0 Å². The van der Waals surface area contributed by atoms with E-state index >= 15 is 0 Å². The van der Waals surface area contributed by atoms with Gasteiger partial charge in [-0.1, -0.05) is 18.6 Å². The number of hydrogen-bond acceptors (Lipinski definition) is 2. The standard InChI is InChI=1S/C18H25N3/c1-18(2,14-19)10-4-5-11-21-12-9-16-15(13-20-3)7-6-8-17(16)21/h6-9,12,20H,4-5,10-11,13H2,1-3H3. The van der Waals surface area contributed by atoms with Crippen LogP contribution in [-0.2, 0) is 13.1 Å². The van der Waals surface area contributed by atoms with Gasteiger partial charge in [-0.05, 0) is 51.4 Å². The summed E-state index contributed by atoms with van der Waals surface area (Å²) in [7, 11) is 1.98. The summed E-state index contributed by atoms with van der Waals surface area (Å²) >= 11 is 0. The van der Waals surface area contributed by atoms with E-state index in [9.17, 15) is 0 Å². The molecule has 0 unspecified atom stereocenters. The van der Waals surface area contributed by atoms with Crippen molar-refractivity contribution >= 4 is 10.9 Å². The Morgan fingerprint density at radius 3 is 2.76 bits per heavy atom. The maximum atomic E-state index is 9.04. The van der Waals surface area contributed by atoms with Gasteiger partial charge in [0, 0.05) is 30.2 Å². The molecule has 1 aromatic carbocycles. The van der Waals surface area contributed by atoms with Crippen molar-refractivity contribution in [3.63, 3.8) is 0 Å². The first kappa shape index (κ1) is 15.6. The normalized spacial score (nSPS) is 11.7. The molecule has 0 radical (unpaired) electrons. The lowest BCUT2D eigenvalue weighted by Gasteiger charge is -2.14. The van der Waals surface area contributed by atoms with E-state index in [4.69, 9.17) is 5.26 Å². The predicted molar refractivity (Wildman–Crippen MR) is 87.9 cm³/mol. The molecule has 3 nitrogen and oxygen atoms in total. The van der Waals surface area contributed by atoms with E-state index < -0.39 is 0 Å². The largest absolute Gasteiger partial charge is 0.347 e. The molecule has 2 aromatic rings. The van der Waals surface area contributed by atoms with Crippen molar-refractivity contribution in [2.75, 3.05) is 7.05 Å². The van der Waals surface area contributed by atoms with E-state index in [-0.39, 0.29) is 5.41 Å². The van der Waals surface area contributed by atoms with E-state index in [0.717, 1.165) is 32.4 Å². The summed E-state index contributed by atoms with van der Waals surface area (Å²) in [5, 5.41) is 13.6. The van der Waals surface area contributed by atoms with E-state index in [1.165, 1.54) is 16.5 Å². The highest BCUT2D eigenvalue weighted by Crippen LogP contribution is 2.24. The maximum absolute atomic E-state index is 9.04. The highest BCUT2D eigenvalue weighted by molar-refractivity contribution is 5.83. The summed E-state index contributed by atoms with van der Waals surface area (Å²) in [6, 6.07) is 11.1. The zero-order valence-corrected chi connectivity index (χ0v) is 13.3. The summed E-state index contributed by atoms with van der Waals surface area (Å²) in [6.45, 7) is 5.95. The molecule has 0 aliphatic heterocycles. The molecule has 0 spiro atoms. The first-order valence-electron chi connectivity index (χ1n) is 7.70. The quantitative estimate of drug-likeness (QED) is 0.778. The van der Waals surface area contributed by atoms with Crippen molar-refractivity contribution in [3.8, 4) is 6.07 Å². The Morgan fingerprint density at radius 1 is 1.24 bits per heavy atom. The van der Waals surface area contributed by atoms with E-state index in [2.05, 4.69) is 46.4 Å². The second kappa shape index (κ2) is 6.78. The van der Waals surface area contributed by atoms with Crippen molar-refractivity contribution in [2.45, 2.75) is 46.2 Å². The van der Waals surface area contributed by atoms with Gasteiger partial charge in [0.25, 0.3) is 0 Å². The first-order valence-corrected chi connectivity index (χ1v) is 7.70. The van der Waals surface area contributed by atoms with E-state index in [0.29, 0.717) is 0 Å². The number of nitrogens with one attached hydrogen (secondary N) is 1. The van der Waals surface area contributed by atoms with Gasteiger partial charge in [-0.3, -0.25) is 0 Å². The minimum atomic E-state index is -0.196. The Kier molecular flexibility index (Phi) is 5.03. The lowest BCUT2D eigenvalue weighted by Crippen LogP contribution is -2.08. The fourth-order valence-electron chi connectivity index (χ4n) is 2.73. The minimum Gasteiger partial charge on any atom is -0.347 e. The number of nitrogens with zero attached hydrogens (tertiary/aromatic N) is 2. The maximum Gasteiger partial charge on any atom is 0.0683 e. The molecule has 3 heteroatoms. The van der Waals surface area contributed by atoms with Crippen LogP contribution in [0.25, 0.3) is 10.9 Å². The molecule has 1 N–H and O–H groups in total. The molecule has 0 amide bonds. The molecule has 0 aliphatic carbocycles. The van der Waals surface area contributed by atoms with Gasteiger partial charge in [0.2, 0.25) is 0 Å². The molecule has 0 saturated carbocycles. The topological polar surface area (TPSA) is 40.8 Å². The molecule has 112 valence electrons. The number of aromatic nitrogens is 1. The van der Waals surface area contributed by atoms with Crippen LogP contribution in [0, 0.1) is 16.7 Å². The van der Waals surface area contributed by atoms with Crippen molar-refractivity contribution in [2.24, 2.45) is 5.41 Å². The molecule has 1 heterocycles. The summed E-state index contributed by atoms with van der Waals surface area (Å²) in [5.41, 5.74) is 2.46. The lowest BCUT2D eigenvalue weighted by molar-refractivity contribution is 0.418. The van der Waals surface area contributed by atoms with E-state index in [1.807, 2.05) is 20.9 Å². The van der Waals surface area contributed by atoms with Crippen molar-refractivity contribution in [1.29, 1.82) is 5.26 Å². The highest BCUT2D eigenvalue weighted by Gasteiger charge is 2.15. The molecule has 2 rings (SSSR count). The summed E-state index contributed by atoms with van der Waals surface area (Å²) in [6.07, 6.45) is 5.36. The summed E-state index contributed by atoms with van der Waals surface area (Å²) in [4.78, 5) is 0. The summed E-state index contributed by atoms with van der Waals surface area (Å²) in [5.74, 6) is 0. The van der Waals surface area contributed by atoms with Crippen LogP contribution < -0.4 is 5.32 Å². The van der Waals surface area contributed by atoms with Crippen LogP contribution in [0.4, 0.5) is 0 Å². The Labute approximate surface area is 127 Å². The Balaban J connectivity index is 2.00. The number of unbranched alkanes of at least 4 members (excludes halogenated alkanes) is 1. The van der Waals surface area contributed by atoms with Crippen LogP contribution in [0.2, 0.25) is 0 Å². The molecule has 1 aromatic heterocycles. The number of nitriles is 1. The number of benzene rings is 1. The van der Waals surface area contributed by atoms with Gasteiger partial charge in [0.1, 0.15) is 0 Å². The molecule has 0 aliphatic rings.